The predicted molar refractivity (Wildman–Crippen MR) is 60.7 cm³/mol. The molecule has 4 heteroatoms. The average molecular weight is 226 g/mol. The third-order valence-corrected chi connectivity index (χ3v) is 3.88. The Morgan fingerprint density at radius 3 is 1.57 bits per heavy atom. The summed E-state index contributed by atoms with van der Waals surface area (Å²) in [5.41, 5.74) is 0. The minimum absolute atomic E-state index is 0.914. The molecule has 0 N–H and O–H groups in total. The fourth-order valence-electron chi connectivity index (χ4n) is 1.11. The van der Waals surface area contributed by atoms with Crippen molar-refractivity contribution in [1.29, 1.82) is 0 Å². The van der Waals surface area contributed by atoms with Gasteiger partial charge in [-0.25, -0.2) is 0 Å². The molecule has 2 aromatic rings. The van der Waals surface area contributed by atoms with Crippen molar-refractivity contribution in [2.45, 2.75) is 0 Å². The van der Waals surface area contributed by atoms with Crippen molar-refractivity contribution in [3.05, 3.63) is 22.9 Å². The SMILES string of the molecule is COc1csc(-c2cc(OC)cs2)c1. The Morgan fingerprint density at radius 2 is 1.29 bits per heavy atom. The van der Waals surface area contributed by atoms with Crippen LogP contribution >= 0.6 is 22.7 Å². The average Bonchev–Trinajstić information content (AvgIpc) is 2.86. The molecule has 0 unspecified atom stereocenters. The van der Waals surface area contributed by atoms with Crippen molar-refractivity contribution < 1.29 is 9.47 Å². The lowest BCUT2D eigenvalue weighted by Gasteiger charge is -1.91. The number of rotatable bonds is 3. The zero-order valence-electron chi connectivity index (χ0n) is 7.94. The molecule has 14 heavy (non-hydrogen) atoms. The number of thiophene rings is 2. The maximum Gasteiger partial charge on any atom is 0.130 e. The smallest absolute Gasteiger partial charge is 0.130 e. The summed E-state index contributed by atoms with van der Waals surface area (Å²) in [6, 6.07) is 4.08. The number of hydrogen-bond donors (Lipinski definition) is 0. The minimum Gasteiger partial charge on any atom is -0.496 e. The molecule has 0 saturated heterocycles. The van der Waals surface area contributed by atoms with E-state index in [-0.39, 0.29) is 0 Å². The first kappa shape index (κ1) is 9.55. The number of methoxy groups -OCH3 is 2. The van der Waals surface area contributed by atoms with Gasteiger partial charge in [0.05, 0.1) is 14.2 Å². The van der Waals surface area contributed by atoms with Gasteiger partial charge in [0.25, 0.3) is 0 Å². The summed E-state index contributed by atoms with van der Waals surface area (Å²) in [4.78, 5) is 2.44. The minimum atomic E-state index is 0.914. The van der Waals surface area contributed by atoms with E-state index in [1.165, 1.54) is 9.75 Å². The van der Waals surface area contributed by atoms with Gasteiger partial charge in [0.1, 0.15) is 11.5 Å². The van der Waals surface area contributed by atoms with Gasteiger partial charge in [0.2, 0.25) is 0 Å². The molecule has 2 aromatic heterocycles. The highest BCUT2D eigenvalue weighted by molar-refractivity contribution is 7.20. The van der Waals surface area contributed by atoms with E-state index >= 15 is 0 Å². The topological polar surface area (TPSA) is 18.5 Å². The summed E-state index contributed by atoms with van der Waals surface area (Å²) in [6.07, 6.45) is 0. The van der Waals surface area contributed by atoms with Crippen molar-refractivity contribution in [2.24, 2.45) is 0 Å². The number of ether oxygens (including phenoxy) is 2. The van der Waals surface area contributed by atoms with Gasteiger partial charge in [-0.3, -0.25) is 0 Å². The summed E-state index contributed by atoms with van der Waals surface area (Å²) in [7, 11) is 3.36. The molecule has 0 bridgehead atoms. The van der Waals surface area contributed by atoms with Gasteiger partial charge < -0.3 is 9.47 Å². The Morgan fingerprint density at radius 1 is 0.857 bits per heavy atom. The van der Waals surface area contributed by atoms with E-state index in [2.05, 4.69) is 0 Å². The maximum atomic E-state index is 5.13. The second-order valence-corrected chi connectivity index (χ2v) is 4.52. The normalized spacial score (nSPS) is 10.1. The van der Waals surface area contributed by atoms with E-state index in [1.807, 2.05) is 22.9 Å². The van der Waals surface area contributed by atoms with Crippen LogP contribution in [0.25, 0.3) is 9.75 Å². The lowest BCUT2D eigenvalue weighted by molar-refractivity contribution is 0.416. The fourth-order valence-corrected chi connectivity index (χ4v) is 2.93. The molecular formula is C10H10O2S2. The van der Waals surface area contributed by atoms with Crippen molar-refractivity contribution >= 4 is 22.7 Å². The molecule has 0 saturated carbocycles. The number of hydrogen-bond acceptors (Lipinski definition) is 4. The molecule has 2 nitrogen and oxygen atoms in total. The van der Waals surface area contributed by atoms with Crippen molar-refractivity contribution in [1.82, 2.24) is 0 Å². The van der Waals surface area contributed by atoms with E-state index in [1.54, 1.807) is 36.9 Å². The van der Waals surface area contributed by atoms with Gasteiger partial charge in [-0.2, -0.15) is 0 Å². The van der Waals surface area contributed by atoms with Gasteiger partial charge in [0.15, 0.2) is 0 Å². The molecule has 0 aliphatic heterocycles. The van der Waals surface area contributed by atoms with E-state index in [0.29, 0.717) is 0 Å². The molecule has 2 rings (SSSR count). The zero-order valence-corrected chi connectivity index (χ0v) is 9.58. The van der Waals surface area contributed by atoms with Crippen molar-refractivity contribution in [3.8, 4) is 21.3 Å². The monoisotopic (exact) mass is 226 g/mol. The Labute approximate surface area is 90.7 Å². The molecule has 0 spiro atoms. The summed E-state index contributed by atoms with van der Waals surface area (Å²) in [5, 5.41) is 4.00. The van der Waals surface area contributed by atoms with E-state index < -0.39 is 0 Å². The van der Waals surface area contributed by atoms with Gasteiger partial charge in [-0.1, -0.05) is 0 Å². The lowest BCUT2D eigenvalue weighted by atomic mass is 10.4. The summed E-state index contributed by atoms with van der Waals surface area (Å²) in [5.74, 6) is 1.83. The highest BCUT2D eigenvalue weighted by Crippen LogP contribution is 2.36. The van der Waals surface area contributed by atoms with Crippen LogP contribution in [0.4, 0.5) is 0 Å². The van der Waals surface area contributed by atoms with Gasteiger partial charge in [-0.05, 0) is 12.1 Å². The molecule has 0 amide bonds. The Hall–Kier alpha value is -1.000. The van der Waals surface area contributed by atoms with E-state index in [0.717, 1.165) is 11.5 Å². The van der Waals surface area contributed by atoms with Crippen molar-refractivity contribution in [3.63, 3.8) is 0 Å². The largest absolute Gasteiger partial charge is 0.496 e. The Bertz CT molecular complexity index is 377. The van der Waals surface area contributed by atoms with Crippen LogP contribution in [-0.4, -0.2) is 14.2 Å². The molecule has 0 aliphatic carbocycles. The summed E-state index contributed by atoms with van der Waals surface area (Å²) < 4.78 is 10.3. The standard InChI is InChI=1S/C10H10O2S2/c1-11-7-3-9(13-5-7)10-4-8(12-2)6-14-10/h3-6H,1-2H3. The van der Waals surface area contributed by atoms with E-state index in [4.69, 9.17) is 9.47 Å². The van der Waals surface area contributed by atoms with Crippen LogP contribution in [0.5, 0.6) is 11.5 Å². The third kappa shape index (κ3) is 1.76. The quantitative estimate of drug-likeness (QED) is 0.797. The molecule has 0 radical (unpaired) electrons. The lowest BCUT2D eigenvalue weighted by Crippen LogP contribution is -1.76. The molecule has 0 aliphatic rings. The summed E-state index contributed by atoms with van der Waals surface area (Å²) in [6.45, 7) is 0. The zero-order chi connectivity index (χ0) is 9.97. The Balaban J connectivity index is 2.29. The predicted octanol–water partition coefficient (Wildman–Crippen LogP) is 3.49. The highest BCUT2D eigenvalue weighted by Gasteiger charge is 2.05. The van der Waals surface area contributed by atoms with Gasteiger partial charge in [-0.15, -0.1) is 22.7 Å². The second-order valence-electron chi connectivity index (χ2n) is 2.70. The van der Waals surface area contributed by atoms with Crippen LogP contribution in [0, 0.1) is 0 Å². The fraction of sp³-hybridized carbons (Fsp3) is 0.200. The maximum absolute atomic E-state index is 5.13. The van der Waals surface area contributed by atoms with Crippen molar-refractivity contribution in [2.75, 3.05) is 14.2 Å². The Kier molecular flexibility index (Phi) is 2.74. The third-order valence-electron chi connectivity index (χ3n) is 1.87. The van der Waals surface area contributed by atoms with E-state index in [9.17, 15) is 0 Å². The first-order valence-corrected chi connectivity index (χ1v) is 5.85. The molecule has 2 heterocycles. The molecule has 74 valence electrons. The first-order chi connectivity index (χ1) is 6.83. The first-order valence-electron chi connectivity index (χ1n) is 4.09. The van der Waals surface area contributed by atoms with Crippen LogP contribution in [0.2, 0.25) is 0 Å². The molecule has 0 aromatic carbocycles. The molecule has 0 atom stereocenters. The van der Waals surface area contributed by atoms with Crippen LogP contribution in [-0.2, 0) is 0 Å². The van der Waals surface area contributed by atoms with Gasteiger partial charge >= 0.3 is 0 Å². The second kappa shape index (κ2) is 4.02. The van der Waals surface area contributed by atoms with Crippen LogP contribution in [0.1, 0.15) is 0 Å². The van der Waals surface area contributed by atoms with Crippen LogP contribution in [0.3, 0.4) is 0 Å². The molecule has 0 fully saturated rings. The summed E-state index contributed by atoms with van der Waals surface area (Å²) >= 11 is 3.36. The molecular weight excluding hydrogens is 216 g/mol. The van der Waals surface area contributed by atoms with Gasteiger partial charge in [0, 0.05) is 20.5 Å². The van der Waals surface area contributed by atoms with Crippen LogP contribution < -0.4 is 9.47 Å². The van der Waals surface area contributed by atoms with Crippen LogP contribution in [0.15, 0.2) is 22.9 Å². The highest BCUT2D eigenvalue weighted by atomic mass is 32.1.